The number of para-hydroxylation sites is 1. The van der Waals surface area contributed by atoms with Crippen LogP contribution < -0.4 is 10.5 Å². The molecule has 1 aromatic rings. The second-order valence-electron chi connectivity index (χ2n) is 4.63. The van der Waals surface area contributed by atoms with Gasteiger partial charge in [0.15, 0.2) is 5.75 Å². The average Bonchev–Trinajstić information content (AvgIpc) is 2.26. The number of hydrogen-bond donors (Lipinski definition) is 2. The first-order valence-electron chi connectivity index (χ1n) is 5.67. The molecule has 0 heterocycles. The number of anilines is 1. The van der Waals surface area contributed by atoms with Crippen LogP contribution >= 0.6 is 0 Å². The van der Waals surface area contributed by atoms with E-state index in [1.54, 1.807) is 32.0 Å². The van der Waals surface area contributed by atoms with Crippen molar-refractivity contribution in [3.8, 4) is 5.75 Å². The summed E-state index contributed by atoms with van der Waals surface area (Å²) in [6, 6.07) is 4.89. The molecule has 0 aliphatic carbocycles. The van der Waals surface area contributed by atoms with Crippen molar-refractivity contribution in [2.24, 2.45) is 0 Å². The zero-order valence-electron chi connectivity index (χ0n) is 10.9. The normalized spacial score (nSPS) is 11.1. The van der Waals surface area contributed by atoms with Gasteiger partial charge in [0.1, 0.15) is 5.56 Å². The summed E-state index contributed by atoms with van der Waals surface area (Å²) in [6.07, 6.45) is 0.364. The lowest BCUT2D eigenvalue weighted by Crippen LogP contribution is -2.22. The molecule has 0 saturated heterocycles. The Balaban J connectivity index is 2.70. The highest BCUT2D eigenvalue weighted by Gasteiger charge is 2.18. The van der Waals surface area contributed by atoms with Gasteiger partial charge in [-0.15, -0.1) is 0 Å². The highest BCUT2D eigenvalue weighted by molar-refractivity contribution is 5.94. The second-order valence-corrected chi connectivity index (χ2v) is 4.63. The zero-order chi connectivity index (χ0) is 13.8. The molecule has 0 radical (unpaired) electrons. The summed E-state index contributed by atoms with van der Waals surface area (Å²) in [5, 5.41) is 9.51. The fourth-order valence-electron chi connectivity index (χ4n) is 1.41. The molecule has 0 unspecified atom stereocenters. The minimum absolute atomic E-state index is 0.139. The number of methoxy groups -OCH3 is 1. The van der Waals surface area contributed by atoms with Crippen LogP contribution in [0.25, 0.3) is 0 Å². The van der Waals surface area contributed by atoms with Crippen LogP contribution in [0.1, 0.15) is 30.6 Å². The van der Waals surface area contributed by atoms with E-state index in [9.17, 15) is 9.90 Å². The molecular weight excluding hydrogens is 234 g/mol. The number of nitrogens with two attached hydrogens (primary N) is 1. The maximum Gasteiger partial charge on any atom is 0.342 e. The lowest BCUT2D eigenvalue weighted by molar-refractivity contribution is 0.0242. The van der Waals surface area contributed by atoms with Crippen molar-refractivity contribution in [3.63, 3.8) is 0 Å². The Kier molecular flexibility index (Phi) is 4.55. The van der Waals surface area contributed by atoms with E-state index >= 15 is 0 Å². The Bertz CT molecular complexity index is 423. The van der Waals surface area contributed by atoms with Gasteiger partial charge in [-0.3, -0.25) is 0 Å². The lowest BCUT2D eigenvalue weighted by Gasteiger charge is -2.17. The first-order valence-corrected chi connectivity index (χ1v) is 5.67. The summed E-state index contributed by atoms with van der Waals surface area (Å²) in [6.45, 7) is 3.45. The average molecular weight is 253 g/mol. The van der Waals surface area contributed by atoms with E-state index in [1.165, 1.54) is 7.11 Å². The molecule has 1 aromatic carbocycles. The fraction of sp³-hybridized carbons (Fsp3) is 0.462. The summed E-state index contributed by atoms with van der Waals surface area (Å²) < 4.78 is 10.1. The molecule has 5 heteroatoms. The number of esters is 1. The summed E-state index contributed by atoms with van der Waals surface area (Å²) in [5.74, 6) is -0.200. The lowest BCUT2D eigenvalue weighted by atomic mass is 10.1. The Morgan fingerprint density at radius 3 is 2.67 bits per heavy atom. The molecule has 0 fully saturated rings. The van der Waals surface area contributed by atoms with Gasteiger partial charge in [0.25, 0.3) is 0 Å². The van der Waals surface area contributed by atoms with Gasteiger partial charge < -0.3 is 20.3 Å². The minimum Gasteiger partial charge on any atom is -0.494 e. The third-order valence-corrected chi connectivity index (χ3v) is 2.42. The standard InChI is InChI=1S/C13H19NO4/c1-13(2,16)7-8-18-12(15)9-5-4-6-10(14)11(9)17-3/h4-6,16H,7-8,14H2,1-3H3. The van der Waals surface area contributed by atoms with Crippen molar-refractivity contribution in [1.29, 1.82) is 0 Å². The van der Waals surface area contributed by atoms with Crippen LogP contribution in [0.4, 0.5) is 5.69 Å². The van der Waals surface area contributed by atoms with Crippen LogP contribution in [-0.2, 0) is 4.74 Å². The Morgan fingerprint density at radius 1 is 1.44 bits per heavy atom. The van der Waals surface area contributed by atoms with Crippen molar-refractivity contribution in [1.82, 2.24) is 0 Å². The molecule has 0 amide bonds. The molecule has 0 saturated carbocycles. The fourth-order valence-corrected chi connectivity index (χ4v) is 1.41. The van der Waals surface area contributed by atoms with Gasteiger partial charge >= 0.3 is 5.97 Å². The van der Waals surface area contributed by atoms with Crippen molar-refractivity contribution in [2.45, 2.75) is 25.9 Å². The molecule has 3 N–H and O–H groups in total. The number of aliphatic hydroxyl groups is 1. The summed E-state index contributed by atoms with van der Waals surface area (Å²) in [5.41, 5.74) is 5.50. The Hall–Kier alpha value is -1.75. The molecule has 1 rings (SSSR count). The van der Waals surface area contributed by atoms with Gasteiger partial charge in [0, 0.05) is 6.42 Å². The number of carbonyl (C=O) groups is 1. The van der Waals surface area contributed by atoms with Crippen LogP contribution in [0.5, 0.6) is 5.75 Å². The molecule has 18 heavy (non-hydrogen) atoms. The molecule has 0 atom stereocenters. The van der Waals surface area contributed by atoms with E-state index in [0.29, 0.717) is 17.9 Å². The minimum atomic E-state index is -0.861. The Morgan fingerprint density at radius 2 is 2.11 bits per heavy atom. The van der Waals surface area contributed by atoms with E-state index in [0.717, 1.165) is 0 Å². The highest BCUT2D eigenvalue weighted by atomic mass is 16.5. The van der Waals surface area contributed by atoms with Crippen LogP contribution in [0, 0.1) is 0 Å². The van der Waals surface area contributed by atoms with Crippen molar-refractivity contribution in [2.75, 3.05) is 19.5 Å². The molecule has 100 valence electrons. The molecule has 0 spiro atoms. The number of rotatable bonds is 5. The molecule has 0 aliphatic rings. The van der Waals surface area contributed by atoms with Crippen molar-refractivity contribution < 1.29 is 19.4 Å². The first-order chi connectivity index (χ1) is 8.35. The maximum absolute atomic E-state index is 11.8. The first kappa shape index (κ1) is 14.3. The van der Waals surface area contributed by atoms with E-state index in [2.05, 4.69) is 0 Å². The zero-order valence-corrected chi connectivity index (χ0v) is 10.9. The summed E-state index contributed by atoms with van der Waals surface area (Å²) >= 11 is 0. The topological polar surface area (TPSA) is 81.8 Å². The van der Waals surface area contributed by atoms with Crippen LogP contribution in [0.15, 0.2) is 18.2 Å². The largest absolute Gasteiger partial charge is 0.494 e. The quantitative estimate of drug-likeness (QED) is 0.615. The molecule has 5 nitrogen and oxygen atoms in total. The van der Waals surface area contributed by atoms with E-state index in [1.807, 2.05) is 0 Å². The number of nitrogen functional groups attached to an aromatic ring is 1. The van der Waals surface area contributed by atoms with Gasteiger partial charge in [0.05, 0.1) is 25.0 Å². The maximum atomic E-state index is 11.8. The highest BCUT2D eigenvalue weighted by Crippen LogP contribution is 2.26. The summed E-state index contributed by atoms with van der Waals surface area (Å²) in [7, 11) is 1.44. The molecule has 0 aliphatic heterocycles. The predicted octanol–water partition coefficient (Wildman–Crippen LogP) is 1.60. The van der Waals surface area contributed by atoms with Crippen molar-refractivity contribution in [3.05, 3.63) is 23.8 Å². The number of carbonyl (C=O) groups excluding carboxylic acids is 1. The third-order valence-electron chi connectivity index (χ3n) is 2.42. The van der Waals surface area contributed by atoms with E-state index in [4.69, 9.17) is 15.2 Å². The number of benzene rings is 1. The van der Waals surface area contributed by atoms with Crippen LogP contribution in [0.2, 0.25) is 0 Å². The van der Waals surface area contributed by atoms with Gasteiger partial charge in [-0.1, -0.05) is 6.07 Å². The van der Waals surface area contributed by atoms with Gasteiger partial charge in [-0.2, -0.15) is 0 Å². The molecular formula is C13H19NO4. The van der Waals surface area contributed by atoms with E-state index in [-0.39, 0.29) is 12.2 Å². The van der Waals surface area contributed by atoms with Gasteiger partial charge in [-0.05, 0) is 26.0 Å². The van der Waals surface area contributed by atoms with Crippen LogP contribution in [0.3, 0.4) is 0 Å². The monoisotopic (exact) mass is 253 g/mol. The third kappa shape index (κ3) is 3.92. The predicted molar refractivity (Wildman–Crippen MR) is 68.6 cm³/mol. The number of ether oxygens (including phenoxy) is 2. The SMILES string of the molecule is COc1c(N)cccc1C(=O)OCCC(C)(C)O. The Labute approximate surface area is 107 Å². The van der Waals surface area contributed by atoms with E-state index < -0.39 is 11.6 Å². The number of hydrogen-bond acceptors (Lipinski definition) is 5. The smallest absolute Gasteiger partial charge is 0.342 e. The molecule has 0 aromatic heterocycles. The molecule has 0 bridgehead atoms. The van der Waals surface area contributed by atoms with Crippen LogP contribution in [-0.4, -0.2) is 30.4 Å². The van der Waals surface area contributed by atoms with Gasteiger partial charge in [-0.25, -0.2) is 4.79 Å². The second kappa shape index (κ2) is 5.73. The van der Waals surface area contributed by atoms with Crippen molar-refractivity contribution >= 4 is 11.7 Å². The summed E-state index contributed by atoms with van der Waals surface area (Å²) in [4.78, 5) is 11.8. The van der Waals surface area contributed by atoms with Gasteiger partial charge in [0.2, 0.25) is 0 Å².